The van der Waals surface area contributed by atoms with Crippen molar-refractivity contribution in [1.29, 1.82) is 0 Å². The summed E-state index contributed by atoms with van der Waals surface area (Å²) < 4.78 is 46.2. The molecule has 150 valence electrons. The maximum atomic E-state index is 13.7. The second-order valence-electron chi connectivity index (χ2n) is 6.09. The van der Waals surface area contributed by atoms with Crippen molar-refractivity contribution >= 4 is 23.2 Å². The summed E-state index contributed by atoms with van der Waals surface area (Å²) in [6.45, 7) is 0. The van der Waals surface area contributed by atoms with E-state index in [2.05, 4.69) is 5.32 Å². The Bertz CT molecular complexity index is 903. The zero-order valence-electron chi connectivity index (χ0n) is 14.3. The minimum Gasteiger partial charge on any atom is -0.504 e. The Morgan fingerprint density at radius 2 is 2.04 bits per heavy atom. The molecule has 4 N–H and O–H groups in total. The van der Waals surface area contributed by atoms with Crippen molar-refractivity contribution in [2.24, 2.45) is 5.92 Å². The van der Waals surface area contributed by atoms with E-state index in [9.17, 15) is 33.0 Å². The van der Waals surface area contributed by atoms with Gasteiger partial charge in [-0.2, -0.15) is 13.2 Å². The number of thiophene rings is 1. The van der Waals surface area contributed by atoms with E-state index in [0.29, 0.717) is 0 Å². The van der Waals surface area contributed by atoms with E-state index in [1.807, 2.05) is 0 Å². The van der Waals surface area contributed by atoms with Gasteiger partial charge in [0.2, 0.25) is 5.72 Å². The average molecular weight is 416 g/mol. The van der Waals surface area contributed by atoms with Crippen LogP contribution in [-0.2, 0) is 0 Å². The molecule has 2 heterocycles. The Morgan fingerprint density at radius 1 is 1.32 bits per heavy atom. The summed E-state index contributed by atoms with van der Waals surface area (Å²) in [6.07, 6.45) is -5.33. The van der Waals surface area contributed by atoms with Crippen LogP contribution in [0.25, 0.3) is 0 Å². The van der Waals surface area contributed by atoms with Crippen LogP contribution < -0.4 is 15.4 Å². The molecule has 1 aliphatic rings. The Labute approximate surface area is 160 Å². The first-order valence-electron chi connectivity index (χ1n) is 7.91. The molecule has 0 radical (unpaired) electrons. The number of carbonyl (C=O) groups excluding carboxylic acids is 2. The summed E-state index contributed by atoms with van der Waals surface area (Å²) in [5.74, 6) is -3.47. The molecule has 1 aliphatic heterocycles. The van der Waals surface area contributed by atoms with Crippen molar-refractivity contribution in [3.8, 4) is 11.5 Å². The number of phenolic OH excluding ortho intramolecular Hbond substituents is 1. The van der Waals surface area contributed by atoms with Crippen molar-refractivity contribution in [3.05, 3.63) is 46.2 Å². The van der Waals surface area contributed by atoms with Gasteiger partial charge >= 0.3 is 12.2 Å². The van der Waals surface area contributed by atoms with Crippen molar-refractivity contribution < 1.29 is 37.7 Å². The Morgan fingerprint density at radius 3 is 2.61 bits per heavy atom. The first kappa shape index (κ1) is 20.0. The van der Waals surface area contributed by atoms with Gasteiger partial charge in [-0.05, 0) is 29.1 Å². The molecule has 3 rings (SSSR count). The van der Waals surface area contributed by atoms with Gasteiger partial charge in [-0.3, -0.25) is 4.79 Å². The second-order valence-corrected chi connectivity index (χ2v) is 7.04. The molecule has 3 atom stereocenters. The van der Waals surface area contributed by atoms with Gasteiger partial charge in [0.15, 0.2) is 17.3 Å². The van der Waals surface area contributed by atoms with E-state index < -0.39 is 35.7 Å². The molecule has 2 amide bonds. The summed E-state index contributed by atoms with van der Waals surface area (Å²) in [4.78, 5) is 24.8. The van der Waals surface area contributed by atoms with Crippen LogP contribution in [0.1, 0.15) is 21.3 Å². The maximum absolute atomic E-state index is 13.7. The smallest absolute Gasteiger partial charge is 0.437 e. The SMILES string of the molecule is COc1cc([C@@H]2NC(=O)N[C@@](O)(C(F)(F)F)[C@@H]2C(=O)c2cccs2)ccc1O. The first-order valence-corrected chi connectivity index (χ1v) is 8.79. The number of hydrogen-bond donors (Lipinski definition) is 4. The average Bonchev–Trinajstić information content (AvgIpc) is 3.15. The molecule has 28 heavy (non-hydrogen) atoms. The van der Waals surface area contributed by atoms with Gasteiger partial charge in [-0.1, -0.05) is 12.1 Å². The number of ketones is 1. The van der Waals surface area contributed by atoms with Gasteiger partial charge in [-0.25, -0.2) is 4.79 Å². The molecule has 0 saturated carbocycles. The van der Waals surface area contributed by atoms with Gasteiger partial charge in [0.25, 0.3) is 0 Å². The molecule has 11 heteroatoms. The zero-order valence-corrected chi connectivity index (χ0v) is 15.1. The van der Waals surface area contributed by atoms with Gasteiger partial charge in [0.05, 0.1) is 18.0 Å². The lowest BCUT2D eigenvalue weighted by Gasteiger charge is -2.44. The van der Waals surface area contributed by atoms with E-state index in [4.69, 9.17) is 4.74 Å². The number of phenols is 1. The highest BCUT2D eigenvalue weighted by molar-refractivity contribution is 7.12. The summed E-state index contributed by atoms with van der Waals surface area (Å²) in [5.41, 5.74) is -3.76. The number of methoxy groups -OCH3 is 1. The molecule has 1 aromatic heterocycles. The largest absolute Gasteiger partial charge is 0.504 e. The van der Waals surface area contributed by atoms with Gasteiger partial charge in [-0.15, -0.1) is 11.3 Å². The van der Waals surface area contributed by atoms with Crippen molar-refractivity contribution in [2.45, 2.75) is 17.9 Å². The van der Waals surface area contributed by atoms with Crippen LogP contribution in [-0.4, -0.2) is 41.0 Å². The highest BCUT2D eigenvalue weighted by Gasteiger charge is 2.66. The first-order chi connectivity index (χ1) is 13.1. The minimum absolute atomic E-state index is 0.0126. The fourth-order valence-electron chi connectivity index (χ4n) is 3.08. The number of Topliss-reactive ketones (excluding diaryl/α,β-unsaturated/α-hetero) is 1. The van der Waals surface area contributed by atoms with Gasteiger partial charge in [0, 0.05) is 0 Å². The Kier molecular flexibility index (Phi) is 4.98. The number of urea groups is 1. The molecule has 0 unspecified atom stereocenters. The number of hydrogen-bond acceptors (Lipinski definition) is 6. The lowest BCUT2D eigenvalue weighted by molar-refractivity contribution is -0.287. The van der Waals surface area contributed by atoms with E-state index in [-0.39, 0.29) is 21.9 Å². The molecule has 0 bridgehead atoms. The number of benzene rings is 1. The molecular formula is C17H15F3N2O5S. The molecule has 2 aromatic rings. The highest BCUT2D eigenvalue weighted by Crippen LogP contribution is 2.45. The number of alkyl halides is 3. The molecule has 0 spiro atoms. The van der Waals surface area contributed by atoms with Gasteiger partial charge in [0.1, 0.15) is 5.92 Å². The predicted octanol–water partition coefficient (Wildman–Crippen LogP) is 2.57. The number of carbonyl (C=O) groups is 2. The predicted molar refractivity (Wildman–Crippen MR) is 92.2 cm³/mol. The summed E-state index contributed by atoms with van der Waals surface area (Å²) in [5, 5.41) is 25.4. The summed E-state index contributed by atoms with van der Waals surface area (Å²) in [6, 6.07) is 3.56. The Balaban J connectivity index is 2.17. The number of rotatable bonds is 4. The van der Waals surface area contributed by atoms with E-state index in [0.717, 1.165) is 17.4 Å². The lowest BCUT2D eigenvalue weighted by atomic mass is 9.78. The number of nitrogens with one attached hydrogen (secondary N) is 2. The van der Waals surface area contributed by atoms with E-state index in [1.165, 1.54) is 42.1 Å². The zero-order chi connectivity index (χ0) is 20.7. The molecule has 1 fully saturated rings. The summed E-state index contributed by atoms with van der Waals surface area (Å²) >= 11 is 0.911. The highest BCUT2D eigenvalue weighted by atomic mass is 32.1. The van der Waals surface area contributed by atoms with Crippen LogP contribution in [0.3, 0.4) is 0 Å². The number of amides is 2. The number of halogens is 3. The summed E-state index contributed by atoms with van der Waals surface area (Å²) in [7, 11) is 1.24. The molecule has 1 saturated heterocycles. The molecule has 0 aliphatic carbocycles. The normalized spacial score (nSPS) is 25.0. The molecule has 7 nitrogen and oxygen atoms in total. The van der Waals surface area contributed by atoms with Gasteiger partial charge < -0.3 is 25.6 Å². The standard InChI is InChI=1S/C17H15F3N2O5S/c1-27-10-7-8(4-5-9(10)23)13-12(14(24)11-3-2-6-28-11)16(26,17(18,19)20)22-15(25)21-13/h2-7,12-13,23,26H,1H3,(H2,21,22,25)/t12-,13-,16-/m0/s1. The third kappa shape index (κ3) is 3.27. The maximum Gasteiger partial charge on any atom is 0.437 e. The lowest BCUT2D eigenvalue weighted by Crippen LogP contribution is -2.72. The van der Waals surface area contributed by atoms with Crippen molar-refractivity contribution in [1.82, 2.24) is 10.6 Å². The third-order valence-corrected chi connectivity index (χ3v) is 5.30. The fraction of sp³-hybridized carbons (Fsp3) is 0.294. The number of aliphatic hydroxyl groups is 1. The topological polar surface area (TPSA) is 108 Å². The monoisotopic (exact) mass is 416 g/mol. The quantitative estimate of drug-likeness (QED) is 0.573. The van der Waals surface area contributed by atoms with Crippen molar-refractivity contribution in [2.75, 3.05) is 7.11 Å². The van der Waals surface area contributed by atoms with Crippen LogP contribution in [0.4, 0.5) is 18.0 Å². The van der Waals surface area contributed by atoms with Crippen LogP contribution in [0.15, 0.2) is 35.7 Å². The van der Waals surface area contributed by atoms with E-state index in [1.54, 1.807) is 0 Å². The fourth-order valence-corrected chi connectivity index (χ4v) is 3.78. The van der Waals surface area contributed by atoms with Crippen molar-refractivity contribution in [3.63, 3.8) is 0 Å². The second kappa shape index (κ2) is 6.99. The third-order valence-electron chi connectivity index (χ3n) is 4.42. The molecule has 1 aromatic carbocycles. The number of ether oxygens (including phenoxy) is 1. The van der Waals surface area contributed by atoms with Crippen LogP contribution in [0.5, 0.6) is 11.5 Å². The Hall–Kier alpha value is -2.79. The molecular weight excluding hydrogens is 401 g/mol. The van der Waals surface area contributed by atoms with E-state index >= 15 is 0 Å². The van der Waals surface area contributed by atoms with Crippen LogP contribution in [0, 0.1) is 5.92 Å². The number of aromatic hydroxyl groups is 1. The van der Waals surface area contributed by atoms with Crippen LogP contribution >= 0.6 is 11.3 Å². The van der Waals surface area contributed by atoms with Crippen LogP contribution in [0.2, 0.25) is 0 Å². The minimum atomic E-state index is -5.33.